The highest BCUT2D eigenvalue weighted by Crippen LogP contribution is 2.24. The number of amides is 1. The number of hydrogen-bond donors (Lipinski definition) is 1. The fourth-order valence-corrected chi connectivity index (χ4v) is 2.12. The van der Waals surface area contributed by atoms with Crippen molar-refractivity contribution in [1.82, 2.24) is 10.2 Å². The van der Waals surface area contributed by atoms with Crippen molar-refractivity contribution in [2.24, 2.45) is 0 Å². The predicted octanol–water partition coefficient (Wildman–Crippen LogP) is 2.66. The molecule has 0 saturated carbocycles. The van der Waals surface area contributed by atoms with Gasteiger partial charge in [0.05, 0.1) is 4.92 Å². The van der Waals surface area contributed by atoms with E-state index in [1.807, 2.05) is 0 Å². The Balaban J connectivity index is 2.32. The SMILES string of the molecule is Cc1nnc(NC(=O)c2cc(Cl)ccc2[N+](=O)[O-])s1. The van der Waals surface area contributed by atoms with Crippen LogP contribution in [0.25, 0.3) is 0 Å². The highest BCUT2D eigenvalue weighted by Gasteiger charge is 2.21. The number of nitro benzene ring substituents is 1. The summed E-state index contributed by atoms with van der Waals surface area (Å²) in [5.41, 5.74) is -0.437. The molecule has 9 heteroatoms. The van der Waals surface area contributed by atoms with Crippen LogP contribution in [-0.2, 0) is 0 Å². The lowest BCUT2D eigenvalue weighted by Crippen LogP contribution is -2.13. The third-order valence-electron chi connectivity index (χ3n) is 2.15. The van der Waals surface area contributed by atoms with Crippen LogP contribution in [-0.4, -0.2) is 21.0 Å². The van der Waals surface area contributed by atoms with Crippen LogP contribution >= 0.6 is 22.9 Å². The molecule has 0 aliphatic rings. The molecule has 19 heavy (non-hydrogen) atoms. The number of rotatable bonds is 3. The molecule has 0 spiro atoms. The van der Waals surface area contributed by atoms with Crippen molar-refractivity contribution >= 4 is 39.7 Å². The minimum absolute atomic E-state index is 0.120. The van der Waals surface area contributed by atoms with Crippen LogP contribution in [0.2, 0.25) is 5.02 Å². The normalized spacial score (nSPS) is 10.2. The van der Waals surface area contributed by atoms with E-state index in [0.29, 0.717) is 5.01 Å². The Hall–Kier alpha value is -2.06. The van der Waals surface area contributed by atoms with E-state index >= 15 is 0 Å². The van der Waals surface area contributed by atoms with Crippen LogP contribution < -0.4 is 5.32 Å². The smallest absolute Gasteiger partial charge is 0.282 e. The van der Waals surface area contributed by atoms with Gasteiger partial charge < -0.3 is 0 Å². The van der Waals surface area contributed by atoms with Crippen LogP contribution in [0.15, 0.2) is 18.2 Å². The molecule has 0 saturated heterocycles. The standard InChI is InChI=1S/C10H7ClN4O3S/c1-5-13-14-10(19-5)12-9(16)7-4-6(11)2-3-8(7)15(17)18/h2-4H,1H3,(H,12,14,16). The van der Waals surface area contributed by atoms with Crippen LogP contribution in [0.5, 0.6) is 0 Å². The number of carbonyl (C=O) groups excluding carboxylic acids is 1. The molecule has 2 aromatic rings. The van der Waals surface area contributed by atoms with E-state index in [4.69, 9.17) is 11.6 Å². The Morgan fingerprint density at radius 1 is 1.47 bits per heavy atom. The first-order chi connectivity index (χ1) is 8.97. The maximum Gasteiger partial charge on any atom is 0.282 e. The number of benzene rings is 1. The molecule has 0 fully saturated rings. The summed E-state index contributed by atoms with van der Waals surface area (Å²) in [6, 6.07) is 3.77. The second-order valence-corrected chi connectivity index (χ2v) is 5.12. The first kappa shape index (κ1) is 13.4. The molecule has 0 aliphatic heterocycles. The van der Waals surface area contributed by atoms with Crippen molar-refractivity contribution < 1.29 is 9.72 Å². The monoisotopic (exact) mass is 298 g/mol. The fraction of sp³-hybridized carbons (Fsp3) is 0.100. The third-order valence-corrected chi connectivity index (χ3v) is 3.14. The van der Waals surface area contributed by atoms with Crippen molar-refractivity contribution in [2.45, 2.75) is 6.92 Å². The zero-order valence-corrected chi connectivity index (χ0v) is 11.2. The van der Waals surface area contributed by atoms with Gasteiger partial charge in [-0.1, -0.05) is 22.9 Å². The number of nitrogens with one attached hydrogen (secondary N) is 1. The maximum absolute atomic E-state index is 12.0. The molecule has 0 atom stereocenters. The van der Waals surface area contributed by atoms with E-state index < -0.39 is 10.8 Å². The number of hydrogen-bond acceptors (Lipinski definition) is 6. The highest BCUT2D eigenvalue weighted by molar-refractivity contribution is 7.15. The van der Waals surface area contributed by atoms with Crippen molar-refractivity contribution in [3.8, 4) is 0 Å². The van der Waals surface area contributed by atoms with Gasteiger partial charge >= 0.3 is 0 Å². The van der Waals surface area contributed by atoms with Crippen LogP contribution in [0.3, 0.4) is 0 Å². The van der Waals surface area contributed by atoms with Crippen molar-refractivity contribution in [3.63, 3.8) is 0 Å². The number of anilines is 1. The lowest BCUT2D eigenvalue weighted by Gasteiger charge is -2.03. The first-order valence-electron chi connectivity index (χ1n) is 5.03. The third kappa shape index (κ3) is 3.04. The highest BCUT2D eigenvalue weighted by atomic mass is 35.5. The second kappa shape index (κ2) is 5.29. The van der Waals surface area contributed by atoms with E-state index in [2.05, 4.69) is 15.5 Å². The molecule has 0 unspecified atom stereocenters. The van der Waals surface area contributed by atoms with Gasteiger partial charge in [-0.15, -0.1) is 10.2 Å². The summed E-state index contributed by atoms with van der Waals surface area (Å²) in [5.74, 6) is -0.648. The van der Waals surface area contributed by atoms with E-state index in [9.17, 15) is 14.9 Å². The van der Waals surface area contributed by atoms with E-state index in [1.165, 1.54) is 29.5 Å². The number of nitro groups is 1. The number of carbonyl (C=O) groups is 1. The predicted molar refractivity (Wildman–Crippen MR) is 70.7 cm³/mol. The van der Waals surface area contributed by atoms with Crippen molar-refractivity contribution in [1.29, 1.82) is 0 Å². The number of nitrogens with zero attached hydrogens (tertiary/aromatic N) is 3. The molecule has 0 radical (unpaired) electrons. The Labute approximate surface area is 116 Å². The van der Waals surface area contributed by atoms with Gasteiger partial charge in [0.25, 0.3) is 11.6 Å². The molecule has 7 nitrogen and oxygen atoms in total. The summed E-state index contributed by atoms with van der Waals surface area (Å²) in [4.78, 5) is 22.2. The number of aryl methyl sites for hydroxylation is 1. The number of aromatic nitrogens is 2. The summed E-state index contributed by atoms with van der Waals surface area (Å²) in [5, 5.41) is 21.9. The average Bonchev–Trinajstić information content (AvgIpc) is 2.74. The van der Waals surface area contributed by atoms with E-state index in [-0.39, 0.29) is 21.4 Å². The topological polar surface area (TPSA) is 98.0 Å². The van der Waals surface area contributed by atoms with E-state index in [0.717, 1.165) is 0 Å². The van der Waals surface area contributed by atoms with Crippen LogP contribution in [0, 0.1) is 17.0 Å². The molecule has 2 rings (SSSR count). The Bertz CT molecular complexity index is 658. The lowest BCUT2D eigenvalue weighted by molar-refractivity contribution is -0.385. The molecule has 0 bridgehead atoms. The minimum Gasteiger partial charge on any atom is -0.296 e. The number of halogens is 1. The summed E-state index contributed by atoms with van der Waals surface area (Å²) < 4.78 is 0. The Morgan fingerprint density at radius 2 is 2.21 bits per heavy atom. The van der Waals surface area contributed by atoms with Gasteiger partial charge in [-0.3, -0.25) is 20.2 Å². The molecule has 1 aromatic carbocycles. The maximum atomic E-state index is 12.0. The summed E-state index contributed by atoms with van der Waals surface area (Å²) in [6.45, 7) is 1.73. The lowest BCUT2D eigenvalue weighted by atomic mass is 10.1. The first-order valence-corrected chi connectivity index (χ1v) is 6.22. The summed E-state index contributed by atoms with van der Waals surface area (Å²) >= 11 is 6.92. The minimum atomic E-state index is -0.648. The molecule has 98 valence electrons. The van der Waals surface area contributed by atoms with Gasteiger partial charge in [-0.05, 0) is 19.1 Å². The quantitative estimate of drug-likeness (QED) is 0.694. The van der Waals surface area contributed by atoms with Gasteiger partial charge in [0.2, 0.25) is 5.13 Å². The largest absolute Gasteiger partial charge is 0.296 e. The van der Waals surface area contributed by atoms with E-state index in [1.54, 1.807) is 6.92 Å². The van der Waals surface area contributed by atoms with Crippen LogP contribution in [0.1, 0.15) is 15.4 Å². The summed E-state index contributed by atoms with van der Waals surface area (Å²) in [7, 11) is 0. The molecule has 0 aliphatic carbocycles. The molecule has 1 N–H and O–H groups in total. The van der Waals surface area contributed by atoms with Gasteiger partial charge in [-0.25, -0.2) is 0 Å². The fourth-order valence-electron chi connectivity index (χ4n) is 1.36. The molecular formula is C10H7ClN4O3S. The van der Waals surface area contributed by atoms with Crippen molar-refractivity contribution in [3.05, 3.63) is 43.9 Å². The molecule has 1 heterocycles. The Kier molecular flexibility index (Phi) is 3.72. The van der Waals surface area contributed by atoms with Gasteiger partial charge in [-0.2, -0.15) is 0 Å². The molecular weight excluding hydrogens is 292 g/mol. The Morgan fingerprint density at radius 3 is 2.79 bits per heavy atom. The van der Waals surface area contributed by atoms with Gasteiger partial charge in [0.15, 0.2) is 0 Å². The van der Waals surface area contributed by atoms with Gasteiger partial charge in [0, 0.05) is 11.1 Å². The van der Waals surface area contributed by atoms with Crippen LogP contribution in [0.4, 0.5) is 10.8 Å². The zero-order chi connectivity index (χ0) is 14.0. The zero-order valence-electron chi connectivity index (χ0n) is 9.58. The molecule has 1 aromatic heterocycles. The second-order valence-electron chi connectivity index (χ2n) is 3.50. The summed E-state index contributed by atoms with van der Waals surface area (Å²) in [6.07, 6.45) is 0. The molecule has 1 amide bonds. The average molecular weight is 299 g/mol. The van der Waals surface area contributed by atoms with Gasteiger partial charge in [0.1, 0.15) is 10.6 Å². The van der Waals surface area contributed by atoms with Crippen molar-refractivity contribution in [2.75, 3.05) is 5.32 Å².